The summed E-state index contributed by atoms with van der Waals surface area (Å²) in [5.41, 5.74) is 0.681. The molecule has 0 saturated heterocycles. The predicted octanol–water partition coefficient (Wildman–Crippen LogP) is 0.0641. The van der Waals surface area contributed by atoms with E-state index in [1.54, 1.807) is 6.92 Å². The molecule has 0 fully saturated rings. The fraction of sp³-hybridized carbons (Fsp3) is 0.200. The van der Waals surface area contributed by atoms with E-state index in [2.05, 4.69) is 25.0 Å². The van der Waals surface area contributed by atoms with Gasteiger partial charge in [0.1, 0.15) is 0 Å². The van der Waals surface area contributed by atoms with Gasteiger partial charge in [-0.05, 0) is 17.1 Å². The molecule has 0 bridgehead atoms. The summed E-state index contributed by atoms with van der Waals surface area (Å²) in [6.07, 6.45) is 0. The lowest BCUT2D eigenvalue weighted by Gasteiger charge is -1.89. The van der Waals surface area contributed by atoms with Crippen molar-refractivity contribution in [3.8, 4) is 11.5 Å². The first-order valence-corrected chi connectivity index (χ1v) is 3.80. The summed E-state index contributed by atoms with van der Waals surface area (Å²) >= 11 is 4.73. The second kappa shape index (κ2) is 2.66. The molecule has 2 heterocycles. The third-order valence-electron chi connectivity index (χ3n) is 1.50. The number of H-pyrrole nitrogens is 2. The number of aromatic amines is 2. The Morgan fingerprint density at radius 3 is 2.77 bits per heavy atom. The van der Waals surface area contributed by atoms with Crippen LogP contribution in [0.15, 0.2) is 4.63 Å². The topological polar surface area (TPSA) is 97.4 Å². The van der Waals surface area contributed by atoms with Crippen LogP contribution in [0.4, 0.5) is 0 Å². The first-order chi connectivity index (χ1) is 6.18. The highest BCUT2D eigenvalue weighted by atomic mass is 32.1. The smallest absolute Gasteiger partial charge is 0.265 e. The summed E-state index contributed by atoms with van der Waals surface area (Å²) in [6, 6.07) is 0. The lowest BCUT2D eigenvalue weighted by atomic mass is 10.3. The molecule has 7 nitrogen and oxygen atoms in total. The summed E-state index contributed by atoms with van der Waals surface area (Å²) in [5.74, 6) is 0.318. The van der Waals surface area contributed by atoms with Crippen molar-refractivity contribution in [2.75, 3.05) is 0 Å². The van der Waals surface area contributed by atoms with Gasteiger partial charge >= 0.3 is 0 Å². The van der Waals surface area contributed by atoms with Gasteiger partial charge in [0.15, 0.2) is 0 Å². The SMILES string of the molecule is Cc1no[n+]([O-])c1-c1nc(=S)[nH][nH]1. The Bertz CT molecular complexity index is 464. The van der Waals surface area contributed by atoms with E-state index in [-0.39, 0.29) is 15.4 Å². The summed E-state index contributed by atoms with van der Waals surface area (Å²) < 4.78 is 4.64. The largest absolute Gasteiger partial charge is 0.359 e. The molecular formula is C5H5N5O2S. The first kappa shape index (κ1) is 7.92. The maximum Gasteiger partial charge on any atom is 0.265 e. The quantitative estimate of drug-likeness (QED) is 0.500. The van der Waals surface area contributed by atoms with Crippen molar-refractivity contribution >= 4 is 12.2 Å². The fourth-order valence-corrected chi connectivity index (χ4v) is 1.10. The predicted molar refractivity (Wildman–Crippen MR) is 43.0 cm³/mol. The zero-order valence-corrected chi connectivity index (χ0v) is 7.38. The maximum atomic E-state index is 11.0. The molecule has 0 aromatic carbocycles. The van der Waals surface area contributed by atoms with Crippen LogP contribution in [0.5, 0.6) is 0 Å². The van der Waals surface area contributed by atoms with E-state index in [1.807, 2.05) is 0 Å². The minimum absolute atomic E-state index is 0.229. The van der Waals surface area contributed by atoms with Crippen LogP contribution in [0.2, 0.25) is 0 Å². The molecule has 2 rings (SSSR count). The van der Waals surface area contributed by atoms with E-state index in [0.717, 1.165) is 0 Å². The van der Waals surface area contributed by atoms with E-state index >= 15 is 0 Å². The van der Waals surface area contributed by atoms with Gasteiger partial charge in [0.05, 0.1) is 0 Å². The lowest BCUT2D eigenvalue weighted by molar-refractivity contribution is -0.793. The molecule has 0 unspecified atom stereocenters. The van der Waals surface area contributed by atoms with E-state index in [4.69, 9.17) is 12.2 Å². The molecule has 8 heteroatoms. The number of hydrogen-bond acceptors (Lipinski definition) is 5. The highest BCUT2D eigenvalue weighted by Gasteiger charge is 2.19. The highest BCUT2D eigenvalue weighted by Crippen LogP contribution is 2.11. The molecule has 68 valence electrons. The van der Waals surface area contributed by atoms with Crippen molar-refractivity contribution in [3.05, 3.63) is 15.7 Å². The van der Waals surface area contributed by atoms with Gasteiger partial charge in [-0.1, -0.05) is 0 Å². The number of nitrogens with zero attached hydrogens (tertiary/aromatic N) is 3. The monoisotopic (exact) mass is 199 g/mol. The van der Waals surface area contributed by atoms with E-state index in [9.17, 15) is 5.21 Å². The van der Waals surface area contributed by atoms with Crippen LogP contribution in [0.25, 0.3) is 11.5 Å². The molecule has 0 spiro atoms. The summed E-state index contributed by atoms with van der Waals surface area (Å²) in [4.78, 5) is 4.13. The Morgan fingerprint density at radius 2 is 2.31 bits per heavy atom. The van der Waals surface area contributed by atoms with Crippen LogP contribution in [-0.4, -0.2) is 20.3 Å². The molecule has 13 heavy (non-hydrogen) atoms. The van der Waals surface area contributed by atoms with Crippen molar-refractivity contribution in [3.63, 3.8) is 0 Å². The summed E-state index contributed by atoms with van der Waals surface area (Å²) in [7, 11) is 0. The van der Waals surface area contributed by atoms with Gasteiger partial charge in [0.2, 0.25) is 16.3 Å². The second-order valence-corrected chi connectivity index (χ2v) is 2.77. The minimum Gasteiger partial charge on any atom is -0.359 e. The molecule has 2 N–H and O–H groups in total. The van der Waals surface area contributed by atoms with Gasteiger partial charge in [0.25, 0.3) is 5.69 Å². The van der Waals surface area contributed by atoms with Gasteiger partial charge < -0.3 is 5.21 Å². The van der Waals surface area contributed by atoms with Crippen molar-refractivity contribution < 1.29 is 9.53 Å². The molecule has 0 amide bonds. The summed E-state index contributed by atoms with van der Waals surface area (Å²) in [6.45, 7) is 1.64. The second-order valence-electron chi connectivity index (χ2n) is 2.38. The van der Waals surface area contributed by atoms with Crippen molar-refractivity contribution in [2.24, 2.45) is 0 Å². The molecule has 0 aliphatic carbocycles. The lowest BCUT2D eigenvalue weighted by Crippen LogP contribution is -2.25. The fourth-order valence-electron chi connectivity index (χ4n) is 0.955. The average Bonchev–Trinajstić information content (AvgIpc) is 2.60. The molecule has 2 aromatic rings. The Morgan fingerprint density at radius 1 is 1.54 bits per heavy atom. The standard InChI is InChI=1S/C5H5N5O2S/c1-2-3(10(11)12-9-2)4-6-5(13)8-7-4/h1H3,(H2,6,7,8,13). The third kappa shape index (κ3) is 1.20. The van der Waals surface area contributed by atoms with Crippen LogP contribution in [0.1, 0.15) is 5.69 Å². The Labute approximate surface area is 76.9 Å². The van der Waals surface area contributed by atoms with Gasteiger partial charge in [-0.3, -0.25) is 14.8 Å². The average molecular weight is 199 g/mol. The van der Waals surface area contributed by atoms with Crippen molar-refractivity contribution in [1.82, 2.24) is 20.3 Å². The van der Waals surface area contributed by atoms with Crippen molar-refractivity contribution in [2.45, 2.75) is 6.92 Å². The minimum atomic E-state index is 0.229. The third-order valence-corrected chi connectivity index (χ3v) is 1.70. The number of hydrogen-bond donors (Lipinski definition) is 2. The first-order valence-electron chi connectivity index (χ1n) is 3.40. The van der Waals surface area contributed by atoms with Crippen LogP contribution < -0.4 is 4.90 Å². The Balaban J connectivity index is 2.64. The summed E-state index contributed by atoms with van der Waals surface area (Å²) in [5, 5.41) is 19.7. The number of aryl methyl sites for hydroxylation is 1. The molecule has 0 aliphatic rings. The zero-order valence-electron chi connectivity index (χ0n) is 6.57. The molecule has 0 aliphatic heterocycles. The van der Waals surface area contributed by atoms with Crippen LogP contribution >= 0.6 is 12.2 Å². The molecule has 0 radical (unpaired) electrons. The molecule has 0 atom stereocenters. The normalized spacial score (nSPS) is 10.5. The van der Waals surface area contributed by atoms with Gasteiger partial charge in [-0.2, -0.15) is 4.98 Å². The van der Waals surface area contributed by atoms with Gasteiger partial charge in [-0.15, -0.1) is 0 Å². The Kier molecular flexibility index (Phi) is 1.62. The van der Waals surface area contributed by atoms with Gasteiger partial charge in [0, 0.05) is 12.1 Å². The van der Waals surface area contributed by atoms with Crippen LogP contribution in [0.3, 0.4) is 0 Å². The number of aromatic nitrogens is 5. The number of rotatable bonds is 1. The molecule has 0 saturated carbocycles. The van der Waals surface area contributed by atoms with Crippen molar-refractivity contribution in [1.29, 1.82) is 0 Å². The maximum absolute atomic E-state index is 11.0. The van der Waals surface area contributed by atoms with E-state index in [0.29, 0.717) is 11.5 Å². The van der Waals surface area contributed by atoms with E-state index < -0.39 is 0 Å². The van der Waals surface area contributed by atoms with Crippen LogP contribution in [0, 0.1) is 16.9 Å². The number of nitrogens with one attached hydrogen (secondary N) is 2. The Hall–Kier alpha value is -1.70. The van der Waals surface area contributed by atoms with Gasteiger partial charge in [-0.25, -0.2) is 0 Å². The van der Waals surface area contributed by atoms with E-state index in [1.165, 1.54) is 0 Å². The zero-order chi connectivity index (χ0) is 9.42. The highest BCUT2D eigenvalue weighted by molar-refractivity contribution is 7.71. The molecule has 2 aromatic heterocycles. The van der Waals surface area contributed by atoms with Crippen LogP contribution in [-0.2, 0) is 0 Å². The molecular weight excluding hydrogens is 194 g/mol.